The number of halogens is 1. The monoisotopic (exact) mass is 297 g/mol. The zero-order valence-electron chi connectivity index (χ0n) is 11.7. The van der Waals surface area contributed by atoms with Gasteiger partial charge in [-0.1, -0.05) is 18.2 Å². The molecule has 0 spiro atoms. The van der Waals surface area contributed by atoms with Gasteiger partial charge in [0.1, 0.15) is 11.6 Å². The average molecular weight is 297 g/mol. The van der Waals surface area contributed by atoms with Crippen LogP contribution in [0.2, 0.25) is 0 Å². The third-order valence-corrected chi connectivity index (χ3v) is 3.11. The number of benzene rings is 2. The van der Waals surface area contributed by atoms with Gasteiger partial charge in [-0.05, 0) is 42.0 Å². The van der Waals surface area contributed by atoms with E-state index in [1.165, 1.54) is 12.1 Å². The Morgan fingerprint density at radius 2 is 1.95 bits per heavy atom. The minimum atomic E-state index is -0.540. The van der Waals surface area contributed by atoms with Crippen molar-refractivity contribution in [2.24, 2.45) is 4.99 Å². The van der Waals surface area contributed by atoms with Gasteiger partial charge in [-0.25, -0.2) is 14.2 Å². The summed E-state index contributed by atoms with van der Waals surface area (Å²) >= 11 is 0. The number of methoxy groups -OCH3 is 1. The number of carbonyl (C=O) groups excluding carboxylic acids is 1. The van der Waals surface area contributed by atoms with E-state index >= 15 is 0 Å². The van der Waals surface area contributed by atoms with E-state index in [1.807, 2.05) is 0 Å². The molecular formula is C17H12FNO3. The van der Waals surface area contributed by atoms with E-state index in [9.17, 15) is 9.18 Å². The summed E-state index contributed by atoms with van der Waals surface area (Å²) in [6, 6.07) is 12.8. The Kier molecular flexibility index (Phi) is 3.70. The highest BCUT2D eigenvalue weighted by atomic mass is 19.1. The Morgan fingerprint density at radius 1 is 1.18 bits per heavy atom. The van der Waals surface area contributed by atoms with E-state index in [0.717, 1.165) is 0 Å². The predicted octanol–water partition coefficient (Wildman–Crippen LogP) is 3.18. The summed E-state index contributed by atoms with van der Waals surface area (Å²) in [6.07, 6.45) is 1.55. The highest BCUT2D eigenvalue weighted by Gasteiger charge is 2.24. The highest BCUT2D eigenvalue weighted by Crippen LogP contribution is 2.21. The molecule has 0 aliphatic carbocycles. The second-order valence-electron chi connectivity index (χ2n) is 4.62. The summed E-state index contributed by atoms with van der Waals surface area (Å²) < 4.78 is 23.2. The van der Waals surface area contributed by atoms with Crippen molar-refractivity contribution in [3.05, 3.63) is 71.2 Å². The second kappa shape index (κ2) is 5.81. The van der Waals surface area contributed by atoms with Crippen molar-refractivity contribution >= 4 is 17.9 Å². The molecule has 0 radical (unpaired) electrons. The van der Waals surface area contributed by atoms with Crippen molar-refractivity contribution in [2.45, 2.75) is 0 Å². The normalized spacial score (nSPS) is 15.6. The Bertz CT molecular complexity index is 779. The Morgan fingerprint density at radius 3 is 2.68 bits per heavy atom. The first-order valence-electron chi connectivity index (χ1n) is 6.58. The standard InChI is InChI=1S/C17H12FNO3/c1-21-14-4-2-3-12(10-14)16-19-15(17(20)22-16)9-11-5-7-13(18)8-6-11/h2-10H,1H3/b15-9-. The lowest BCUT2D eigenvalue weighted by Crippen LogP contribution is -2.05. The quantitative estimate of drug-likeness (QED) is 0.646. The zero-order valence-corrected chi connectivity index (χ0v) is 11.7. The number of carbonyl (C=O) groups is 1. The van der Waals surface area contributed by atoms with Crippen molar-refractivity contribution in [1.29, 1.82) is 0 Å². The van der Waals surface area contributed by atoms with E-state index in [2.05, 4.69) is 4.99 Å². The third-order valence-electron chi connectivity index (χ3n) is 3.11. The SMILES string of the molecule is COc1cccc(C2=N/C(=C\c3ccc(F)cc3)C(=O)O2)c1. The lowest BCUT2D eigenvalue weighted by Gasteiger charge is -2.02. The van der Waals surface area contributed by atoms with Gasteiger partial charge in [0.2, 0.25) is 5.90 Å². The van der Waals surface area contributed by atoms with Crippen molar-refractivity contribution < 1.29 is 18.7 Å². The first-order chi connectivity index (χ1) is 10.7. The molecule has 0 bridgehead atoms. The van der Waals surface area contributed by atoms with Crippen LogP contribution in [-0.4, -0.2) is 19.0 Å². The van der Waals surface area contributed by atoms with Crippen LogP contribution in [0.15, 0.2) is 59.2 Å². The molecule has 2 aromatic rings. The summed E-state index contributed by atoms with van der Waals surface area (Å²) in [4.78, 5) is 16.1. The fourth-order valence-corrected chi connectivity index (χ4v) is 2.01. The van der Waals surface area contributed by atoms with Crippen molar-refractivity contribution in [3.63, 3.8) is 0 Å². The van der Waals surface area contributed by atoms with Crippen LogP contribution in [-0.2, 0) is 9.53 Å². The van der Waals surface area contributed by atoms with Crippen molar-refractivity contribution in [3.8, 4) is 5.75 Å². The molecule has 110 valence electrons. The topological polar surface area (TPSA) is 47.9 Å². The zero-order chi connectivity index (χ0) is 15.5. The summed E-state index contributed by atoms with van der Waals surface area (Å²) in [6.45, 7) is 0. The summed E-state index contributed by atoms with van der Waals surface area (Å²) in [5, 5.41) is 0. The molecule has 3 rings (SSSR count). The maximum absolute atomic E-state index is 12.9. The molecule has 0 atom stereocenters. The highest BCUT2D eigenvalue weighted by molar-refractivity contribution is 6.12. The van der Waals surface area contributed by atoms with E-state index < -0.39 is 5.97 Å². The molecule has 4 nitrogen and oxygen atoms in total. The summed E-state index contributed by atoms with van der Waals surface area (Å²) in [7, 11) is 1.56. The van der Waals surface area contributed by atoms with Crippen LogP contribution in [0.5, 0.6) is 5.75 Å². The number of cyclic esters (lactones) is 1. The van der Waals surface area contributed by atoms with E-state index in [0.29, 0.717) is 16.9 Å². The molecule has 0 saturated heterocycles. The number of aliphatic imine (C=N–C) groups is 1. The number of esters is 1. The number of ether oxygens (including phenoxy) is 2. The van der Waals surface area contributed by atoms with Crippen LogP contribution in [0.4, 0.5) is 4.39 Å². The summed E-state index contributed by atoms with van der Waals surface area (Å²) in [5.74, 6) is -0.0108. The first-order valence-corrected chi connectivity index (χ1v) is 6.58. The number of rotatable bonds is 3. The minimum absolute atomic E-state index is 0.171. The number of hydrogen-bond acceptors (Lipinski definition) is 4. The molecule has 0 N–H and O–H groups in total. The van der Waals surface area contributed by atoms with Gasteiger partial charge < -0.3 is 9.47 Å². The van der Waals surface area contributed by atoms with Gasteiger partial charge >= 0.3 is 5.97 Å². The first kappa shape index (κ1) is 14.0. The molecule has 0 fully saturated rings. The smallest absolute Gasteiger partial charge is 0.363 e. The molecule has 1 aliphatic heterocycles. The number of hydrogen-bond donors (Lipinski definition) is 0. The molecule has 0 aromatic heterocycles. The molecule has 22 heavy (non-hydrogen) atoms. The molecule has 1 aliphatic rings. The Hall–Kier alpha value is -2.95. The van der Waals surface area contributed by atoms with Gasteiger partial charge in [-0.2, -0.15) is 0 Å². The van der Waals surface area contributed by atoms with Crippen molar-refractivity contribution in [1.82, 2.24) is 0 Å². The Labute approximate surface area is 126 Å². The summed E-state index contributed by atoms with van der Waals surface area (Å²) in [5.41, 5.74) is 1.49. The maximum Gasteiger partial charge on any atom is 0.363 e. The molecular weight excluding hydrogens is 285 g/mol. The fraction of sp³-hybridized carbons (Fsp3) is 0.0588. The molecule has 5 heteroatoms. The van der Waals surface area contributed by atoms with Gasteiger partial charge in [0, 0.05) is 5.56 Å². The van der Waals surface area contributed by atoms with Gasteiger partial charge in [0.25, 0.3) is 0 Å². The Balaban J connectivity index is 1.92. The van der Waals surface area contributed by atoms with Crippen molar-refractivity contribution in [2.75, 3.05) is 7.11 Å². The molecule has 2 aromatic carbocycles. The van der Waals surface area contributed by atoms with Crippen LogP contribution < -0.4 is 4.74 Å². The second-order valence-corrected chi connectivity index (χ2v) is 4.62. The van der Waals surface area contributed by atoms with Gasteiger partial charge in [-0.15, -0.1) is 0 Å². The van der Waals surface area contributed by atoms with E-state index in [1.54, 1.807) is 49.6 Å². The third kappa shape index (κ3) is 2.88. The van der Waals surface area contributed by atoms with E-state index in [4.69, 9.17) is 9.47 Å². The van der Waals surface area contributed by atoms with Crippen LogP contribution in [0, 0.1) is 5.82 Å². The van der Waals surface area contributed by atoms with Gasteiger partial charge in [-0.3, -0.25) is 0 Å². The largest absolute Gasteiger partial charge is 0.497 e. The van der Waals surface area contributed by atoms with Crippen LogP contribution in [0.3, 0.4) is 0 Å². The average Bonchev–Trinajstić information content (AvgIpc) is 2.91. The molecule has 0 amide bonds. The molecule has 0 saturated carbocycles. The van der Waals surface area contributed by atoms with E-state index in [-0.39, 0.29) is 17.4 Å². The van der Waals surface area contributed by atoms with Crippen LogP contribution in [0.1, 0.15) is 11.1 Å². The predicted molar refractivity (Wildman–Crippen MR) is 80.0 cm³/mol. The lowest BCUT2D eigenvalue weighted by atomic mass is 10.2. The number of nitrogens with zero attached hydrogens (tertiary/aromatic N) is 1. The minimum Gasteiger partial charge on any atom is -0.497 e. The van der Waals surface area contributed by atoms with Crippen LogP contribution in [0.25, 0.3) is 6.08 Å². The maximum atomic E-state index is 12.9. The van der Waals surface area contributed by atoms with Crippen LogP contribution >= 0.6 is 0 Å². The molecule has 0 unspecified atom stereocenters. The fourth-order valence-electron chi connectivity index (χ4n) is 2.01. The molecule has 1 heterocycles. The lowest BCUT2D eigenvalue weighted by molar-refractivity contribution is -0.129. The van der Waals surface area contributed by atoms with Gasteiger partial charge in [0.15, 0.2) is 5.70 Å². The van der Waals surface area contributed by atoms with Gasteiger partial charge in [0.05, 0.1) is 7.11 Å².